The van der Waals surface area contributed by atoms with Crippen LogP contribution >= 0.6 is 0 Å². The van der Waals surface area contributed by atoms with Crippen molar-refractivity contribution in [2.45, 2.75) is 32.6 Å². The highest BCUT2D eigenvalue weighted by molar-refractivity contribution is 5.22. The molecule has 0 aromatic heterocycles. The number of aliphatic imine (C=N–C) groups is 1. The molecule has 0 unspecified atom stereocenters. The summed E-state index contributed by atoms with van der Waals surface area (Å²) in [6.45, 7) is 2.42. The SMILES string of the molecule is [2H]/C=N/CCCCCC[2H]. The molecule has 0 rings (SSSR count). The zero-order valence-electron chi connectivity index (χ0n) is 7.27. The van der Waals surface area contributed by atoms with Crippen LogP contribution in [0.5, 0.6) is 0 Å². The molecule has 0 aromatic rings. The Balaban J connectivity index is 2.77. The van der Waals surface area contributed by atoms with Crippen molar-refractivity contribution in [2.75, 3.05) is 6.54 Å². The molecule has 0 N–H and O–H groups in total. The number of unbranched alkanes of at least 4 members (excludes halogenated alkanes) is 3. The van der Waals surface area contributed by atoms with Gasteiger partial charge in [-0.1, -0.05) is 26.2 Å². The summed E-state index contributed by atoms with van der Waals surface area (Å²) >= 11 is 0. The molecule has 0 aliphatic carbocycles. The third-order valence-electron chi connectivity index (χ3n) is 1.04. The van der Waals surface area contributed by atoms with Gasteiger partial charge in [-0.25, -0.2) is 0 Å². The van der Waals surface area contributed by atoms with Crippen molar-refractivity contribution in [2.24, 2.45) is 4.99 Å². The Bertz CT molecular complexity index is 83.7. The van der Waals surface area contributed by atoms with Crippen molar-refractivity contribution in [1.29, 1.82) is 0 Å². The Kier molecular flexibility index (Phi) is 3.78. The van der Waals surface area contributed by atoms with Gasteiger partial charge in [0.2, 0.25) is 0 Å². The first-order valence-electron chi connectivity index (χ1n) is 4.36. The fraction of sp³-hybridized carbons (Fsp3) is 0.857. The smallest absolute Gasteiger partial charge is 0.0748 e. The largest absolute Gasteiger partial charge is 0.301 e. The van der Waals surface area contributed by atoms with Gasteiger partial charge < -0.3 is 4.99 Å². The van der Waals surface area contributed by atoms with Crippen LogP contribution in [0.15, 0.2) is 4.99 Å². The van der Waals surface area contributed by atoms with Crippen LogP contribution < -0.4 is 0 Å². The van der Waals surface area contributed by atoms with Gasteiger partial charge in [0.15, 0.2) is 0 Å². The van der Waals surface area contributed by atoms with Gasteiger partial charge in [-0.2, -0.15) is 0 Å². The Morgan fingerprint density at radius 3 is 3.38 bits per heavy atom. The molecule has 0 aromatic carbocycles. The summed E-state index contributed by atoms with van der Waals surface area (Å²) in [5, 5.41) is 0. The summed E-state index contributed by atoms with van der Waals surface area (Å²) < 4.78 is 13.5. The minimum absolute atomic E-state index is 0.543. The first kappa shape index (κ1) is 4.54. The lowest BCUT2D eigenvalue weighted by Gasteiger charge is -1.91. The van der Waals surface area contributed by atoms with Gasteiger partial charge >= 0.3 is 0 Å². The van der Waals surface area contributed by atoms with E-state index in [1.54, 1.807) is 0 Å². The molecule has 1 heteroatoms. The highest BCUT2D eigenvalue weighted by atomic mass is 14.7. The van der Waals surface area contributed by atoms with Gasteiger partial charge in [0.25, 0.3) is 0 Å². The molecule has 48 valence electrons. The maximum Gasteiger partial charge on any atom is 0.0748 e. The van der Waals surface area contributed by atoms with Crippen LogP contribution in [0.2, 0.25) is 0 Å². The normalized spacial score (nSPS) is 14.0. The number of hydrogen-bond acceptors (Lipinski definition) is 1. The van der Waals surface area contributed by atoms with E-state index in [2.05, 4.69) is 4.99 Å². The quantitative estimate of drug-likeness (QED) is 0.385. The third-order valence-corrected chi connectivity index (χ3v) is 1.04. The van der Waals surface area contributed by atoms with Gasteiger partial charge in [-0.05, 0) is 13.1 Å². The summed E-state index contributed by atoms with van der Waals surface area (Å²) in [5.74, 6) is 0. The minimum Gasteiger partial charge on any atom is -0.301 e. The van der Waals surface area contributed by atoms with Crippen LogP contribution in [-0.4, -0.2) is 13.2 Å². The first-order valence-corrected chi connectivity index (χ1v) is 3.07. The van der Waals surface area contributed by atoms with E-state index >= 15 is 0 Å². The monoisotopic (exact) mass is 115 g/mol. The highest BCUT2D eigenvalue weighted by Gasteiger charge is 1.82. The molecular formula is C7H15N. The molecule has 0 spiro atoms. The average Bonchev–Trinajstić information content (AvgIpc) is 1.97. The fourth-order valence-corrected chi connectivity index (χ4v) is 0.557. The zero-order valence-corrected chi connectivity index (χ0v) is 5.27. The molecule has 0 saturated heterocycles. The van der Waals surface area contributed by atoms with Crippen molar-refractivity contribution >= 4 is 6.69 Å². The summed E-state index contributed by atoms with van der Waals surface area (Å²) in [6.07, 6.45) is 4.35. The highest BCUT2D eigenvalue weighted by Crippen LogP contribution is 1.97. The summed E-state index contributed by atoms with van der Waals surface area (Å²) in [4.78, 5) is 3.76. The Hall–Kier alpha value is -0.330. The van der Waals surface area contributed by atoms with Crippen LogP contribution in [0.1, 0.15) is 35.3 Å². The molecule has 0 atom stereocenters. The third kappa shape index (κ3) is 5.67. The standard InChI is InChI=1S/C7H15N/c1-3-4-5-6-7-8-2/h2-7H2,1H3/i1D,2D/b8-2+. The van der Waals surface area contributed by atoms with Gasteiger partial charge in [0.05, 0.1) is 1.37 Å². The van der Waals surface area contributed by atoms with Gasteiger partial charge in [0.1, 0.15) is 0 Å². The second kappa shape index (κ2) is 6.67. The molecule has 0 heterocycles. The van der Waals surface area contributed by atoms with E-state index in [0.717, 1.165) is 38.9 Å². The van der Waals surface area contributed by atoms with Crippen molar-refractivity contribution in [3.63, 3.8) is 0 Å². The Morgan fingerprint density at radius 1 is 1.62 bits per heavy atom. The second-order valence-electron chi connectivity index (χ2n) is 1.82. The van der Waals surface area contributed by atoms with Crippen LogP contribution in [0.25, 0.3) is 0 Å². The van der Waals surface area contributed by atoms with Crippen molar-refractivity contribution in [1.82, 2.24) is 0 Å². The van der Waals surface area contributed by atoms with E-state index in [-0.39, 0.29) is 0 Å². The number of hydrogen-bond donors (Lipinski definition) is 0. The van der Waals surface area contributed by atoms with E-state index in [4.69, 9.17) is 2.74 Å². The van der Waals surface area contributed by atoms with Gasteiger partial charge in [-0.3, -0.25) is 0 Å². The summed E-state index contributed by atoms with van der Waals surface area (Å²) in [5.41, 5.74) is 0. The Labute approximate surface area is 54.6 Å². The molecule has 1 nitrogen and oxygen atoms in total. The number of rotatable bonds is 5. The molecule has 0 saturated carbocycles. The number of nitrogens with zero attached hydrogens (tertiary/aromatic N) is 1. The van der Waals surface area contributed by atoms with Crippen LogP contribution in [0.3, 0.4) is 0 Å². The topological polar surface area (TPSA) is 12.4 Å². The maximum absolute atomic E-state index is 6.86. The minimum atomic E-state index is 0.543. The van der Waals surface area contributed by atoms with Crippen molar-refractivity contribution in [3.8, 4) is 0 Å². The lowest BCUT2D eigenvalue weighted by atomic mass is 10.2. The van der Waals surface area contributed by atoms with E-state index in [1.807, 2.05) is 0 Å². The molecule has 8 heavy (non-hydrogen) atoms. The average molecular weight is 115 g/mol. The second-order valence-corrected chi connectivity index (χ2v) is 1.82. The fourth-order valence-electron chi connectivity index (χ4n) is 0.557. The van der Waals surface area contributed by atoms with Crippen molar-refractivity contribution in [3.05, 3.63) is 0 Å². The summed E-state index contributed by atoms with van der Waals surface area (Å²) in [7, 11) is 0. The first-order chi connectivity index (χ1) is 4.91. The maximum atomic E-state index is 6.86. The van der Waals surface area contributed by atoms with E-state index in [1.165, 1.54) is 0 Å². The van der Waals surface area contributed by atoms with E-state index < -0.39 is 0 Å². The van der Waals surface area contributed by atoms with Gasteiger partial charge in [0, 0.05) is 7.92 Å². The molecule has 0 fully saturated rings. The van der Waals surface area contributed by atoms with Crippen LogP contribution in [-0.2, 0) is 0 Å². The Morgan fingerprint density at radius 2 is 2.62 bits per heavy atom. The van der Waals surface area contributed by atoms with Gasteiger partial charge in [-0.15, -0.1) is 0 Å². The molecule has 0 radical (unpaired) electrons. The van der Waals surface area contributed by atoms with Crippen molar-refractivity contribution < 1.29 is 2.74 Å². The van der Waals surface area contributed by atoms with Crippen LogP contribution in [0, 0.1) is 0 Å². The molecule has 0 bridgehead atoms. The molecule has 0 aliphatic rings. The zero-order chi connectivity index (χ0) is 7.66. The lowest BCUT2D eigenvalue weighted by Crippen LogP contribution is -1.78. The van der Waals surface area contributed by atoms with Crippen LogP contribution in [0.4, 0.5) is 0 Å². The summed E-state index contributed by atoms with van der Waals surface area (Å²) in [6, 6.07) is 0. The van der Waals surface area contributed by atoms with E-state index in [9.17, 15) is 0 Å². The predicted molar refractivity (Wildman–Crippen MR) is 38.6 cm³/mol. The predicted octanol–water partition coefficient (Wildman–Crippen LogP) is 2.27. The molecular weight excluding hydrogens is 98.1 g/mol. The molecule has 0 aliphatic heterocycles. The van der Waals surface area contributed by atoms with E-state index in [0.29, 0.717) is 6.90 Å². The molecule has 0 amide bonds. The lowest BCUT2D eigenvalue weighted by molar-refractivity contribution is 0.676.